The van der Waals surface area contributed by atoms with E-state index in [1.165, 1.54) is 25.7 Å². The van der Waals surface area contributed by atoms with E-state index in [1.54, 1.807) is 42.5 Å². The Morgan fingerprint density at radius 1 is 0.543 bits per heavy atom. The summed E-state index contributed by atoms with van der Waals surface area (Å²) in [4.78, 5) is 35.8. The van der Waals surface area contributed by atoms with E-state index >= 15 is 0 Å². The number of hydrogen-bond acceptors (Lipinski definition) is 14. The van der Waals surface area contributed by atoms with Gasteiger partial charge in [0.15, 0.2) is 6.10 Å². The Morgan fingerprint density at radius 3 is 1.70 bits per heavy atom. The second kappa shape index (κ2) is 42.0. The van der Waals surface area contributed by atoms with Gasteiger partial charge >= 0.3 is 19.8 Å². The number of allylic oxidation sites excluding steroid dienone is 14. The van der Waals surface area contributed by atoms with Gasteiger partial charge in [0.25, 0.3) is 0 Å². The minimum Gasteiger partial charge on any atom is -0.462 e. The molecule has 3 unspecified atom stereocenters. The number of aliphatic hydroxyl groups is 7. The zero-order chi connectivity index (χ0) is 51.7. The molecule has 0 radical (unpaired) electrons. The number of ether oxygens (including phenoxy) is 2. The first kappa shape index (κ1) is 64.4. The largest absolute Gasteiger partial charge is 0.472 e. The SMILES string of the molecule is CC/C=C\C[C@H](O)/C=C/C=C\C/C=C\C=C\[C@H](O)/C=C\CCCC(=O)O[C@H](COC(=O)CCCCCCCC/C=C\C/C=C\C/C=C\CCCCCC)COP(=O)(O)OC1[C@H](O)[C@H](O)C(O)[C@H](O)[C@H]1O. The summed E-state index contributed by atoms with van der Waals surface area (Å²) in [5.74, 6) is -1.31. The van der Waals surface area contributed by atoms with Crippen LogP contribution in [0.1, 0.15) is 149 Å². The molecule has 0 aromatic rings. The molecule has 0 aromatic heterocycles. The normalized spacial score (nSPS) is 22.6. The molecular weight excluding hydrogens is 920 g/mol. The smallest absolute Gasteiger partial charge is 0.462 e. The lowest BCUT2D eigenvalue weighted by atomic mass is 9.85. The van der Waals surface area contributed by atoms with Crippen molar-refractivity contribution >= 4 is 19.8 Å². The zero-order valence-corrected chi connectivity index (χ0v) is 42.6. The van der Waals surface area contributed by atoms with Crippen molar-refractivity contribution in [1.82, 2.24) is 0 Å². The average molecular weight is 1010 g/mol. The van der Waals surface area contributed by atoms with E-state index in [9.17, 15) is 54.8 Å². The highest BCUT2D eigenvalue weighted by molar-refractivity contribution is 7.47. The molecule has 70 heavy (non-hydrogen) atoms. The molecule has 16 heteroatoms. The Morgan fingerprint density at radius 2 is 1.07 bits per heavy atom. The van der Waals surface area contributed by atoms with Crippen molar-refractivity contribution in [2.75, 3.05) is 13.2 Å². The first-order chi connectivity index (χ1) is 33.7. The third-order valence-electron chi connectivity index (χ3n) is 11.0. The van der Waals surface area contributed by atoms with Crippen LogP contribution in [-0.4, -0.2) is 121 Å². The van der Waals surface area contributed by atoms with Crippen LogP contribution in [0.4, 0.5) is 0 Å². The Bertz CT molecular complexity index is 1670. The van der Waals surface area contributed by atoms with Gasteiger partial charge in [-0.05, 0) is 77.0 Å². The lowest BCUT2D eigenvalue weighted by molar-refractivity contribution is -0.220. The van der Waals surface area contributed by atoms with Gasteiger partial charge in [-0.25, -0.2) is 4.57 Å². The van der Waals surface area contributed by atoms with Gasteiger partial charge in [0.2, 0.25) is 0 Å². The lowest BCUT2D eigenvalue weighted by Gasteiger charge is -2.41. The maximum atomic E-state index is 12.9. The van der Waals surface area contributed by atoms with Gasteiger partial charge < -0.3 is 50.1 Å². The summed E-state index contributed by atoms with van der Waals surface area (Å²) in [6.45, 7) is 2.92. The Balaban J connectivity index is 2.54. The number of unbranched alkanes of at least 4 members (excludes halogenated alkanes) is 11. The molecule has 1 fully saturated rings. The number of carbonyl (C=O) groups excluding carboxylic acids is 2. The predicted octanol–water partition coefficient (Wildman–Crippen LogP) is 8.72. The van der Waals surface area contributed by atoms with Gasteiger partial charge in [-0.2, -0.15) is 0 Å². The van der Waals surface area contributed by atoms with E-state index in [0.717, 1.165) is 64.2 Å². The summed E-state index contributed by atoms with van der Waals surface area (Å²) in [6, 6.07) is 0. The Hall–Kier alpha value is -3.57. The highest BCUT2D eigenvalue weighted by atomic mass is 31.2. The summed E-state index contributed by atoms with van der Waals surface area (Å²) in [7, 11) is -5.19. The highest BCUT2D eigenvalue weighted by Crippen LogP contribution is 2.47. The molecule has 1 aliphatic carbocycles. The van der Waals surface area contributed by atoms with E-state index in [1.807, 2.05) is 37.3 Å². The number of rotatable bonds is 40. The van der Waals surface area contributed by atoms with Gasteiger partial charge in [-0.15, -0.1) is 0 Å². The highest BCUT2D eigenvalue weighted by Gasteiger charge is 2.51. The molecule has 0 aromatic carbocycles. The van der Waals surface area contributed by atoms with Gasteiger partial charge in [0, 0.05) is 12.8 Å². The first-order valence-electron chi connectivity index (χ1n) is 25.4. The van der Waals surface area contributed by atoms with Crippen LogP contribution in [0.15, 0.2) is 109 Å². The number of aliphatic hydroxyl groups excluding tert-OH is 7. The summed E-state index contributed by atoms with van der Waals surface area (Å²) < 4.78 is 33.5. The summed E-state index contributed by atoms with van der Waals surface area (Å²) in [6.07, 6.45) is 37.6. The van der Waals surface area contributed by atoms with Crippen molar-refractivity contribution in [1.29, 1.82) is 0 Å². The predicted molar refractivity (Wildman–Crippen MR) is 274 cm³/mol. The maximum absolute atomic E-state index is 12.9. The van der Waals surface area contributed by atoms with Crippen LogP contribution in [0.3, 0.4) is 0 Å². The number of phosphoric ester groups is 1. The van der Waals surface area contributed by atoms with Crippen LogP contribution in [0.5, 0.6) is 0 Å². The lowest BCUT2D eigenvalue weighted by Crippen LogP contribution is -2.64. The average Bonchev–Trinajstić information content (AvgIpc) is 3.33. The number of carbonyl (C=O) groups is 2. The minimum absolute atomic E-state index is 0.0993. The third-order valence-corrected chi connectivity index (χ3v) is 12.0. The van der Waals surface area contributed by atoms with E-state index in [0.29, 0.717) is 32.1 Å². The topological polar surface area (TPSA) is 250 Å². The van der Waals surface area contributed by atoms with Crippen LogP contribution in [0, 0.1) is 0 Å². The van der Waals surface area contributed by atoms with Crippen molar-refractivity contribution in [2.45, 2.75) is 204 Å². The van der Waals surface area contributed by atoms with Gasteiger partial charge in [0.1, 0.15) is 43.2 Å². The fourth-order valence-electron chi connectivity index (χ4n) is 6.92. The fraction of sp³-hybridized carbons (Fsp3) is 0.630. The standard InChI is InChI=1S/C54H87O15P/c1-3-5-7-8-9-10-11-12-13-14-15-16-17-18-19-20-21-25-28-34-40-47(57)66-42-46(43-67-70(64,65)69-54-52(62)50(60)49(59)51(61)53(54)63)68-48(58)41-35-29-33-39-45(56)38-32-27-24-22-23-26-31-37-44(55)36-30-6-4-2/h6,10-11,13-14,16-17,23-24,26-27,30-33,37-39,44-46,49-56,59-63H,3-5,7-9,12,15,18-22,25,28-29,34-36,40-43H2,1-2H3,(H,64,65)/b11-10-,14-13-,17-16-,26-23-,27-24-,30-6-,37-31+,38-32+,39-33-/t44-,45-,46+,49?,50-,51+,52+,53+,54?/m0/s1. The number of esters is 2. The molecule has 1 rings (SSSR count). The quantitative estimate of drug-likeness (QED) is 0.00940. The van der Waals surface area contributed by atoms with E-state index in [2.05, 4.69) is 43.4 Å². The maximum Gasteiger partial charge on any atom is 0.472 e. The fourth-order valence-corrected chi connectivity index (χ4v) is 7.89. The van der Waals surface area contributed by atoms with Crippen LogP contribution in [0.2, 0.25) is 0 Å². The van der Waals surface area contributed by atoms with Crippen molar-refractivity contribution in [3.8, 4) is 0 Å². The van der Waals surface area contributed by atoms with Crippen LogP contribution < -0.4 is 0 Å². The van der Waals surface area contributed by atoms with Crippen molar-refractivity contribution in [3.05, 3.63) is 109 Å². The molecule has 0 aliphatic heterocycles. The summed E-state index contributed by atoms with van der Waals surface area (Å²) >= 11 is 0. The van der Waals surface area contributed by atoms with Crippen molar-refractivity contribution in [3.63, 3.8) is 0 Å². The van der Waals surface area contributed by atoms with Crippen LogP contribution in [0.25, 0.3) is 0 Å². The molecule has 0 spiro atoms. The molecule has 0 heterocycles. The van der Waals surface area contributed by atoms with Crippen molar-refractivity contribution in [2.24, 2.45) is 0 Å². The van der Waals surface area contributed by atoms with Gasteiger partial charge in [-0.1, -0.05) is 168 Å². The molecule has 1 aliphatic rings. The van der Waals surface area contributed by atoms with E-state index in [4.69, 9.17) is 18.5 Å². The van der Waals surface area contributed by atoms with E-state index in [-0.39, 0.29) is 12.8 Å². The molecule has 398 valence electrons. The Labute approximate surface area is 418 Å². The second-order valence-electron chi connectivity index (χ2n) is 17.3. The van der Waals surface area contributed by atoms with Gasteiger partial charge in [0.05, 0.1) is 18.8 Å². The third kappa shape index (κ3) is 33.9. The Kier molecular flexibility index (Phi) is 38.7. The molecule has 0 amide bonds. The van der Waals surface area contributed by atoms with Crippen LogP contribution in [-0.2, 0) is 32.7 Å². The molecule has 15 nitrogen and oxygen atoms in total. The van der Waals surface area contributed by atoms with Gasteiger partial charge in [-0.3, -0.25) is 18.6 Å². The number of hydrogen-bond donors (Lipinski definition) is 8. The minimum atomic E-state index is -5.19. The monoisotopic (exact) mass is 1010 g/mol. The molecule has 0 bridgehead atoms. The zero-order valence-electron chi connectivity index (χ0n) is 41.7. The molecule has 10 atom stereocenters. The van der Waals surface area contributed by atoms with Crippen LogP contribution >= 0.6 is 7.82 Å². The molecule has 8 N–H and O–H groups in total. The van der Waals surface area contributed by atoms with E-state index < -0.39 is 87.9 Å². The summed E-state index contributed by atoms with van der Waals surface area (Å²) in [5, 5.41) is 70.4. The first-order valence-corrected chi connectivity index (χ1v) is 26.9. The number of phosphoric acid groups is 1. The molecule has 0 saturated heterocycles. The molecular formula is C54H87O15P. The van der Waals surface area contributed by atoms with Crippen molar-refractivity contribution < 1.29 is 73.3 Å². The molecule has 1 saturated carbocycles. The summed E-state index contributed by atoms with van der Waals surface area (Å²) in [5.41, 5.74) is 0. The second-order valence-corrected chi connectivity index (χ2v) is 18.7.